The van der Waals surface area contributed by atoms with Crippen molar-refractivity contribution in [3.63, 3.8) is 0 Å². The number of aryl methyl sites for hydroxylation is 1. The Morgan fingerprint density at radius 3 is 2.29 bits per heavy atom. The van der Waals surface area contributed by atoms with Gasteiger partial charge in [-0.25, -0.2) is 0 Å². The van der Waals surface area contributed by atoms with Crippen LogP contribution in [0.5, 0.6) is 5.75 Å². The summed E-state index contributed by atoms with van der Waals surface area (Å²) in [5, 5.41) is 11.4. The van der Waals surface area contributed by atoms with Gasteiger partial charge >= 0.3 is 0 Å². The van der Waals surface area contributed by atoms with E-state index in [1.807, 2.05) is 63.2 Å². The molecule has 1 atom stereocenters. The predicted octanol–water partition coefficient (Wildman–Crippen LogP) is 5.06. The van der Waals surface area contributed by atoms with E-state index < -0.39 is 17.7 Å². The quantitative estimate of drug-likeness (QED) is 0.326. The normalized spacial score (nSPS) is 17.9. The van der Waals surface area contributed by atoms with E-state index in [2.05, 4.69) is 20.8 Å². The lowest BCUT2D eigenvalue weighted by atomic mass is 9.85. The van der Waals surface area contributed by atoms with Crippen molar-refractivity contribution < 1.29 is 19.4 Å². The molecule has 1 amide bonds. The summed E-state index contributed by atoms with van der Waals surface area (Å²) in [6.45, 7) is 11.9. The van der Waals surface area contributed by atoms with Crippen LogP contribution < -0.4 is 4.74 Å². The smallest absolute Gasteiger partial charge is 0.295 e. The number of carbonyl (C=O) groups is 2. The number of Topliss-reactive ketones (excluding diaryl/α,β-unsaturated/α-hetero) is 1. The van der Waals surface area contributed by atoms with E-state index in [1.54, 1.807) is 17.0 Å². The van der Waals surface area contributed by atoms with Gasteiger partial charge in [0, 0.05) is 12.1 Å². The summed E-state index contributed by atoms with van der Waals surface area (Å²) in [7, 11) is 3.96. The van der Waals surface area contributed by atoms with Gasteiger partial charge in [-0.15, -0.1) is 0 Å². The van der Waals surface area contributed by atoms with Crippen LogP contribution in [0.2, 0.25) is 0 Å². The van der Waals surface area contributed by atoms with Crippen LogP contribution in [0.25, 0.3) is 5.76 Å². The van der Waals surface area contributed by atoms with Gasteiger partial charge in [0.2, 0.25) is 0 Å². The van der Waals surface area contributed by atoms with E-state index in [4.69, 9.17) is 4.74 Å². The molecule has 1 heterocycles. The van der Waals surface area contributed by atoms with Crippen LogP contribution in [0.4, 0.5) is 0 Å². The third kappa shape index (κ3) is 5.76. The number of ketones is 1. The number of nitrogens with zero attached hydrogens (tertiary/aromatic N) is 2. The molecule has 0 spiro atoms. The van der Waals surface area contributed by atoms with E-state index in [0.29, 0.717) is 24.5 Å². The summed E-state index contributed by atoms with van der Waals surface area (Å²) in [4.78, 5) is 30.1. The van der Waals surface area contributed by atoms with Gasteiger partial charge in [0.15, 0.2) is 0 Å². The third-order valence-electron chi connectivity index (χ3n) is 6.40. The number of ether oxygens (including phenoxy) is 1. The average Bonchev–Trinajstić information content (AvgIpc) is 3.03. The number of amides is 1. The van der Waals surface area contributed by atoms with E-state index in [1.165, 1.54) is 0 Å². The van der Waals surface area contributed by atoms with Crippen LogP contribution in [0.15, 0.2) is 48.0 Å². The zero-order chi connectivity index (χ0) is 25.9. The molecule has 0 radical (unpaired) electrons. The molecule has 0 aromatic heterocycles. The van der Waals surface area contributed by atoms with E-state index in [0.717, 1.165) is 29.7 Å². The maximum Gasteiger partial charge on any atom is 0.295 e. The zero-order valence-corrected chi connectivity index (χ0v) is 22.0. The van der Waals surface area contributed by atoms with E-state index >= 15 is 0 Å². The number of carbonyl (C=O) groups excluding carboxylic acids is 2. The fraction of sp³-hybridized carbons (Fsp3) is 0.448. The summed E-state index contributed by atoms with van der Waals surface area (Å²) < 4.78 is 5.56. The summed E-state index contributed by atoms with van der Waals surface area (Å²) >= 11 is 0. The molecule has 6 heteroatoms. The maximum absolute atomic E-state index is 13.3. The fourth-order valence-electron chi connectivity index (χ4n) is 4.48. The van der Waals surface area contributed by atoms with Gasteiger partial charge in [-0.2, -0.15) is 0 Å². The molecule has 1 N–H and O–H groups in total. The molecule has 188 valence electrons. The first-order chi connectivity index (χ1) is 16.5. The average molecular weight is 479 g/mol. The Balaban J connectivity index is 2.11. The number of hydrogen-bond donors (Lipinski definition) is 1. The van der Waals surface area contributed by atoms with Gasteiger partial charge < -0.3 is 19.6 Å². The molecular weight excluding hydrogens is 440 g/mol. The van der Waals surface area contributed by atoms with E-state index in [9.17, 15) is 14.7 Å². The van der Waals surface area contributed by atoms with Crippen molar-refractivity contribution in [3.05, 3.63) is 70.3 Å². The Kier molecular flexibility index (Phi) is 8.06. The Hall–Kier alpha value is -3.12. The Bertz CT molecular complexity index is 1110. The molecule has 0 bridgehead atoms. The summed E-state index contributed by atoms with van der Waals surface area (Å²) in [6, 6.07) is 12.7. The minimum Gasteiger partial charge on any atom is -0.507 e. The molecular formula is C29H38N2O4. The highest BCUT2D eigenvalue weighted by Crippen LogP contribution is 2.40. The first-order valence-electron chi connectivity index (χ1n) is 12.2. The molecule has 1 aliphatic heterocycles. The van der Waals surface area contributed by atoms with Crippen LogP contribution in [-0.4, -0.2) is 60.4 Å². The first-order valence-corrected chi connectivity index (χ1v) is 12.2. The molecule has 3 rings (SSSR count). The van der Waals surface area contributed by atoms with Crippen molar-refractivity contribution in [2.45, 2.75) is 52.5 Å². The van der Waals surface area contributed by atoms with Crippen molar-refractivity contribution >= 4 is 17.4 Å². The summed E-state index contributed by atoms with van der Waals surface area (Å²) in [6.07, 6.45) is 0.721. The Labute approximate surface area is 209 Å². The molecule has 1 fully saturated rings. The number of likely N-dealkylation sites (tertiary alicyclic amines) is 1. The largest absolute Gasteiger partial charge is 0.507 e. The van der Waals surface area contributed by atoms with Crippen LogP contribution in [-0.2, 0) is 15.0 Å². The molecule has 0 saturated carbocycles. The highest BCUT2D eigenvalue weighted by Gasteiger charge is 2.46. The predicted molar refractivity (Wildman–Crippen MR) is 140 cm³/mol. The summed E-state index contributed by atoms with van der Waals surface area (Å²) in [5.41, 5.74) is 3.38. The van der Waals surface area contributed by atoms with Gasteiger partial charge in [-0.1, -0.05) is 45.0 Å². The van der Waals surface area contributed by atoms with Gasteiger partial charge in [0.1, 0.15) is 11.5 Å². The van der Waals surface area contributed by atoms with Crippen molar-refractivity contribution in [1.29, 1.82) is 0 Å². The number of rotatable bonds is 8. The van der Waals surface area contributed by atoms with Crippen LogP contribution in [0.1, 0.15) is 62.4 Å². The van der Waals surface area contributed by atoms with Gasteiger partial charge in [-0.3, -0.25) is 9.59 Å². The minimum absolute atomic E-state index is 0.0224. The summed E-state index contributed by atoms with van der Waals surface area (Å²) in [5.74, 6) is -0.673. The standard InChI is InChI=1S/C29H38N2O4/c1-8-35-22-14-15-23(19(2)18-22)26(32)24-25(20-10-12-21(13-11-20)29(3,4)5)31(28(34)27(24)33)17-9-16-30(6)7/h10-15,18,25,32H,8-9,16-17H2,1-7H3. The SMILES string of the molecule is CCOc1ccc(C(O)=C2C(=O)C(=O)N(CCCN(C)C)C2c2ccc(C(C)(C)C)cc2)c(C)c1. The van der Waals surface area contributed by atoms with Gasteiger partial charge in [-0.05, 0) is 81.2 Å². The maximum atomic E-state index is 13.3. The second kappa shape index (κ2) is 10.6. The van der Waals surface area contributed by atoms with Crippen molar-refractivity contribution in [1.82, 2.24) is 9.80 Å². The number of hydrogen-bond acceptors (Lipinski definition) is 5. The Morgan fingerprint density at radius 2 is 1.74 bits per heavy atom. The first kappa shape index (κ1) is 26.5. The van der Waals surface area contributed by atoms with E-state index in [-0.39, 0.29) is 16.7 Å². The molecule has 1 aliphatic rings. The van der Waals surface area contributed by atoms with Crippen LogP contribution >= 0.6 is 0 Å². The van der Waals surface area contributed by atoms with Crippen molar-refractivity contribution in [2.24, 2.45) is 0 Å². The lowest BCUT2D eigenvalue weighted by Crippen LogP contribution is -2.32. The molecule has 0 aliphatic carbocycles. The highest BCUT2D eigenvalue weighted by molar-refractivity contribution is 6.46. The molecule has 6 nitrogen and oxygen atoms in total. The molecule has 2 aromatic carbocycles. The Morgan fingerprint density at radius 1 is 1.09 bits per heavy atom. The molecule has 1 unspecified atom stereocenters. The highest BCUT2D eigenvalue weighted by atomic mass is 16.5. The lowest BCUT2D eigenvalue weighted by Gasteiger charge is -2.27. The number of aliphatic hydroxyl groups excluding tert-OH is 1. The van der Waals surface area contributed by atoms with Gasteiger partial charge in [0.25, 0.3) is 11.7 Å². The van der Waals surface area contributed by atoms with Crippen LogP contribution in [0, 0.1) is 6.92 Å². The second-order valence-electron chi connectivity index (χ2n) is 10.4. The number of aliphatic hydroxyl groups is 1. The fourth-order valence-corrected chi connectivity index (χ4v) is 4.48. The van der Waals surface area contributed by atoms with Crippen LogP contribution in [0.3, 0.4) is 0 Å². The monoisotopic (exact) mass is 478 g/mol. The third-order valence-corrected chi connectivity index (χ3v) is 6.40. The zero-order valence-electron chi connectivity index (χ0n) is 22.0. The minimum atomic E-state index is -0.648. The molecule has 35 heavy (non-hydrogen) atoms. The molecule has 2 aromatic rings. The second-order valence-corrected chi connectivity index (χ2v) is 10.4. The topological polar surface area (TPSA) is 70.1 Å². The van der Waals surface area contributed by atoms with Gasteiger partial charge in [0.05, 0.1) is 18.2 Å². The number of benzene rings is 2. The lowest BCUT2D eigenvalue weighted by molar-refractivity contribution is -0.139. The molecule has 1 saturated heterocycles. The van der Waals surface area contributed by atoms with Crippen molar-refractivity contribution in [2.75, 3.05) is 33.8 Å². The van der Waals surface area contributed by atoms with Crippen molar-refractivity contribution in [3.8, 4) is 5.75 Å².